The molecule has 25 heavy (non-hydrogen) atoms. The minimum atomic E-state index is -0.0518. The molecule has 0 saturated heterocycles. The minimum absolute atomic E-state index is 0.0518. The maximum absolute atomic E-state index is 8.92. The van der Waals surface area contributed by atoms with E-state index in [4.69, 9.17) is 10.00 Å². The van der Waals surface area contributed by atoms with Crippen LogP contribution in [0.3, 0.4) is 0 Å². The van der Waals surface area contributed by atoms with E-state index in [0.717, 1.165) is 31.6 Å². The average Bonchev–Trinajstić information content (AvgIpc) is 3.01. The Kier molecular flexibility index (Phi) is 5.71. The van der Waals surface area contributed by atoms with Crippen LogP contribution in [0.25, 0.3) is 10.1 Å². The van der Waals surface area contributed by atoms with Gasteiger partial charge in [-0.1, -0.05) is 18.1 Å². The summed E-state index contributed by atoms with van der Waals surface area (Å²) in [6, 6.07) is 12.0. The third kappa shape index (κ3) is 4.20. The highest BCUT2D eigenvalue weighted by atomic mass is 79.9. The number of fused-ring (bicyclic) bond motifs is 1. The molecular formula is C20H15BrN2OS. The van der Waals surface area contributed by atoms with Gasteiger partial charge in [0.2, 0.25) is 0 Å². The van der Waals surface area contributed by atoms with Gasteiger partial charge >= 0.3 is 0 Å². The van der Waals surface area contributed by atoms with E-state index in [-0.39, 0.29) is 5.92 Å². The van der Waals surface area contributed by atoms with Crippen molar-refractivity contribution in [3.8, 4) is 23.7 Å². The van der Waals surface area contributed by atoms with Crippen LogP contribution < -0.4 is 4.74 Å². The van der Waals surface area contributed by atoms with Gasteiger partial charge in [0.1, 0.15) is 12.4 Å². The summed E-state index contributed by atoms with van der Waals surface area (Å²) >= 11 is 5.22. The van der Waals surface area contributed by atoms with E-state index in [1.54, 1.807) is 18.3 Å². The monoisotopic (exact) mass is 410 g/mol. The number of pyridine rings is 1. The lowest BCUT2D eigenvalue weighted by atomic mass is 9.97. The van der Waals surface area contributed by atoms with E-state index in [9.17, 15) is 0 Å². The van der Waals surface area contributed by atoms with Crippen molar-refractivity contribution in [1.29, 1.82) is 5.26 Å². The Morgan fingerprint density at radius 1 is 1.32 bits per heavy atom. The van der Waals surface area contributed by atoms with Crippen LogP contribution in [0.1, 0.15) is 30.5 Å². The molecular weight excluding hydrogens is 396 g/mol. The largest absolute Gasteiger partial charge is 0.487 e. The van der Waals surface area contributed by atoms with Gasteiger partial charge in [0.05, 0.1) is 28.8 Å². The van der Waals surface area contributed by atoms with Crippen molar-refractivity contribution in [2.45, 2.75) is 25.9 Å². The van der Waals surface area contributed by atoms with Crippen molar-refractivity contribution >= 4 is 37.4 Å². The molecule has 3 nitrogen and oxygen atoms in total. The summed E-state index contributed by atoms with van der Waals surface area (Å²) in [6.07, 6.45) is 2.27. The van der Waals surface area contributed by atoms with E-state index in [1.807, 2.05) is 36.5 Å². The molecule has 1 aromatic carbocycles. The number of aromatic nitrogens is 1. The number of halogens is 1. The minimum Gasteiger partial charge on any atom is -0.487 e. The summed E-state index contributed by atoms with van der Waals surface area (Å²) in [5.74, 6) is 6.68. The fourth-order valence-corrected chi connectivity index (χ4v) is 4.00. The van der Waals surface area contributed by atoms with E-state index in [0.29, 0.717) is 13.0 Å². The second kappa shape index (κ2) is 8.16. The number of nitriles is 1. The SMILES string of the molecule is CC#C[C@@H](CC#N)c1ccc(OCc2cc3c(Br)csc3cn2)cc1. The smallest absolute Gasteiger partial charge is 0.130 e. The molecule has 3 aromatic rings. The molecule has 0 spiro atoms. The maximum atomic E-state index is 8.92. The van der Waals surface area contributed by atoms with Crippen molar-refractivity contribution in [2.75, 3.05) is 0 Å². The lowest BCUT2D eigenvalue weighted by Crippen LogP contribution is -1.99. The molecule has 0 fully saturated rings. The summed E-state index contributed by atoms with van der Waals surface area (Å²) in [7, 11) is 0. The van der Waals surface area contributed by atoms with Gasteiger partial charge in [-0.3, -0.25) is 4.98 Å². The van der Waals surface area contributed by atoms with Crippen LogP contribution in [0.4, 0.5) is 0 Å². The van der Waals surface area contributed by atoms with E-state index >= 15 is 0 Å². The molecule has 0 bridgehead atoms. The molecule has 0 aliphatic heterocycles. The summed E-state index contributed by atoms with van der Waals surface area (Å²) < 4.78 is 8.07. The third-order valence-electron chi connectivity index (χ3n) is 3.75. The number of ether oxygens (including phenoxy) is 1. The topological polar surface area (TPSA) is 45.9 Å². The van der Waals surface area contributed by atoms with Crippen LogP contribution >= 0.6 is 27.3 Å². The molecule has 0 N–H and O–H groups in total. The molecule has 0 aliphatic carbocycles. The third-order valence-corrected chi connectivity index (χ3v) is 5.65. The van der Waals surface area contributed by atoms with Crippen LogP contribution in [0.5, 0.6) is 5.75 Å². The highest BCUT2D eigenvalue weighted by molar-refractivity contribution is 9.10. The van der Waals surface area contributed by atoms with Crippen LogP contribution in [0, 0.1) is 23.2 Å². The second-order valence-corrected chi connectivity index (χ2v) is 7.19. The second-order valence-electron chi connectivity index (χ2n) is 5.42. The van der Waals surface area contributed by atoms with Gasteiger partial charge in [0, 0.05) is 21.4 Å². The van der Waals surface area contributed by atoms with Crippen LogP contribution in [-0.2, 0) is 6.61 Å². The number of hydrogen-bond acceptors (Lipinski definition) is 4. The highest BCUT2D eigenvalue weighted by Crippen LogP contribution is 2.30. The van der Waals surface area contributed by atoms with Crippen LogP contribution in [0.2, 0.25) is 0 Å². The predicted molar refractivity (Wildman–Crippen MR) is 105 cm³/mol. The summed E-state index contributed by atoms with van der Waals surface area (Å²) in [5, 5.41) is 12.1. The summed E-state index contributed by atoms with van der Waals surface area (Å²) in [6.45, 7) is 2.20. The zero-order valence-corrected chi connectivity index (χ0v) is 16.0. The molecule has 2 heterocycles. The van der Waals surface area contributed by atoms with Crippen molar-refractivity contribution in [1.82, 2.24) is 4.98 Å². The first-order valence-electron chi connectivity index (χ1n) is 7.75. The molecule has 1 atom stereocenters. The van der Waals surface area contributed by atoms with Gasteiger partial charge in [-0.2, -0.15) is 5.26 Å². The number of rotatable bonds is 5. The van der Waals surface area contributed by atoms with Gasteiger partial charge in [0.15, 0.2) is 0 Å². The lowest BCUT2D eigenvalue weighted by molar-refractivity contribution is 0.301. The number of nitrogens with zero attached hydrogens (tertiary/aromatic N) is 2. The quantitative estimate of drug-likeness (QED) is 0.509. The van der Waals surface area contributed by atoms with Crippen molar-refractivity contribution in [3.05, 3.63) is 57.6 Å². The van der Waals surface area contributed by atoms with Gasteiger partial charge in [-0.15, -0.1) is 17.3 Å². The molecule has 0 amide bonds. The maximum Gasteiger partial charge on any atom is 0.130 e. The number of hydrogen-bond donors (Lipinski definition) is 0. The normalized spacial score (nSPS) is 11.4. The first kappa shape index (κ1) is 17.5. The first-order valence-corrected chi connectivity index (χ1v) is 9.42. The zero-order valence-electron chi connectivity index (χ0n) is 13.6. The fourth-order valence-electron chi connectivity index (χ4n) is 2.50. The van der Waals surface area contributed by atoms with E-state index in [1.165, 1.54) is 0 Å². The molecule has 0 unspecified atom stereocenters. The Labute approximate surface area is 159 Å². The van der Waals surface area contributed by atoms with Gasteiger partial charge < -0.3 is 4.74 Å². The molecule has 124 valence electrons. The van der Waals surface area contributed by atoms with Crippen molar-refractivity contribution in [2.24, 2.45) is 0 Å². The summed E-state index contributed by atoms with van der Waals surface area (Å²) in [5.41, 5.74) is 1.92. The Morgan fingerprint density at radius 3 is 2.84 bits per heavy atom. The Morgan fingerprint density at radius 2 is 2.12 bits per heavy atom. The fraction of sp³-hybridized carbons (Fsp3) is 0.200. The molecule has 2 aromatic heterocycles. The Bertz CT molecular complexity index is 977. The van der Waals surface area contributed by atoms with E-state index < -0.39 is 0 Å². The first-order chi connectivity index (χ1) is 12.2. The van der Waals surface area contributed by atoms with Gasteiger partial charge in [0.25, 0.3) is 0 Å². The van der Waals surface area contributed by atoms with Gasteiger partial charge in [-0.05, 0) is 46.6 Å². The molecule has 0 aliphatic rings. The Balaban J connectivity index is 1.69. The average molecular weight is 411 g/mol. The van der Waals surface area contributed by atoms with E-state index in [2.05, 4.69) is 44.2 Å². The van der Waals surface area contributed by atoms with Crippen molar-refractivity contribution in [3.63, 3.8) is 0 Å². The molecule has 3 rings (SSSR count). The predicted octanol–water partition coefficient (Wildman–Crippen LogP) is 5.66. The van der Waals surface area contributed by atoms with Gasteiger partial charge in [-0.25, -0.2) is 0 Å². The molecule has 0 saturated carbocycles. The lowest BCUT2D eigenvalue weighted by Gasteiger charge is -2.10. The summed E-state index contributed by atoms with van der Waals surface area (Å²) in [4.78, 5) is 4.44. The standard InChI is InChI=1S/C20H15BrN2OS/c1-2-3-14(8-9-22)15-4-6-17(7-5-15)24-12-16-10-18-19(21)13-25-20(18)11-23-16/h4-7,10-11,13-14H,8,12H2,1H3/t14-/m0/s1. The molecule has 0 radical (unpaired) electrons. The van der Waals surface area contributed by atoms with Crippen molar-refractivity contribution < 1.29 is 4.74 Å². The highest BCUT2D eigenvalue weighted by Gasteiger charge is 2.09. The Hall–Kier alpha value is -2.34. The van der Waals surface area contributed by atoms with Crippen LogP contribution in [-0.4, -0.2) is 4.98 Å². The van der Waals surface area contributed by atoms with Crippen LogP contribution in [0.15, 0.2) is 46.4 Å². The number of benzene rings is 1. The molecule has 5 heteroatoms. The number of thiophene rings is 1. The zero-order chi connectivity index (χ0) is 17.6.